The summed E-state index contributed by atoms with van der Waals surface area (Å²) in [6.07, 6.45) is 1.14. The first-order chi connectivity index (χ1) is 7.81. The van der Waals surface area contributed by atoms with E-state index in [0.717, 1.165) is 26.1 Å². The number of methoxy groups -OCH3 is 1. The maximum absolute atomic E-state index is 5.58. The zero-order valence-electron chi connectivity index (χ0n) is 10.3. The molecule has 0 saturated carbocycles. The van der Waals surface area contributed by atoms with Crippen LogP contribution in [0.3, 0.4) is 0 Å². The van der Waals surface area contributed by atoms with Crippen LogP contribution < -0.4 is 10.6 Å². The van der Waals surface area contributed by atoms with Gasteiger partial charge in [-0.15, -0.1) is 0 Å². The van der Waals surface area contributed by atoms with Gasteiger partial charge in [0.1, 0.15) is 0 Å². The Kier molecular flexibility index (Phi) is 5.90. The average molecular weight is 222 g/mol. The summed E-state index contributed by atoms with van der Waals surface area (Å²) >= 11 is 0. The van der Waals surface area contributed by atoms with E-state index in [0.29, 0.717) is 6.54 Å². The minimum absolute atomic E-state index is 0.603. The fourth-order valence-corrected chi connectivity index (χ4v) is 1.68. The highest BCUT2D eigenvalue weighted by Crippen LogP contribution is 2.15. The summed E-state index contributed by atoms with van der Waals surface area (Å²) in [5.74, 6) is 0. The van der Waals surface area contributed by atoms with Gasteiger partial charge in [-0.1, -0.05) is 19.1 Å². The van der Waals surface area contributed by atoms with E-state index in [1.54, 1.807) is 7.11 Å². The number of ether oxygens (including phenoxy) is 1. The highest BCUT2D eigenvalue weighted by Gasteiger charge is 2.04. The van der Waals surface area contributed by atoms with Crippen LogP contribution in [0, 0.1) is 0 Å². The summed E-state index contributed by atoms with van der Waals surface area (Å²) in [7, 11) is 1.74. The second kappa shape index (κ2) is 7.25. The Morgan fingerprint density at radius 1 is 1.19 bits per heavy atom. The quantitative estimate of drug-likeness (QED) is 0.767. The predicted octanol–water partition coefficient (Wildman–Crippen LogP) is 2.01. The van der Waals surface area contributed by atoms with Crippen molar-refractivity contribution in [3.63, 3.8) is 0 Å². The minimum Gasteiger partial charge on any atom is -0.383 e. The number of hydrogen-bond donors (Lipinski definition) is 1. The molecule has 1 aromatic rings. The lowest BCUT2D eigenvalue weighted by Crippen LogP contribution is -2.27. The second-order valence-corrected chi connectivity index (χ2v) is 3.85. The molecule has 0 heterocycles. The molecule has 16 heavy (non-hydrogen) atoms. The van der Waals surface area contributed by atoms with Crippen LogP contribution in [0.1, 0.15) is 18.9 Å². The van der Waals surface area contributed by atoms with Crippen molar-refractivity contribution in [2.75, 3.05) is 31.7 Å². The first-order valence-corrected chi connectivity index (χ1v) is 5.84. The molecule has 1 rings (SSSR count). The third kappa shape index (κ3) is 3.83. The van der Waals surface area contributed by atoms with Gasteiger partial charge in [0.25, 0.3) is 0 Å². The molecule has 0 bridgehead atoms. The first kappa shape index (κ1) is 13.0. The molecule has 3 nitrogen and oxygen atoms in total. The molecule has 0 aromatic heterocycles. The normalized spacial score (nSPS) is 10.4. The average Bonchev–Trinajstić information content (AvgIpc) is 2.35. The molecule has 0 aliphatic rings. The lowest BCUT2D eigenvalue weighted by Gasteiger charge is -2.24. The van der Waals surface area contributed by atoms with E-state index in [1.165, 1.54) is 11.3 Å². The molecule has 3 heteroatoms. The Bertz CT molecular complexity index is 284. The summed E-state index contributed by atoms with van der Waals surface area (Å²) in [6.45, 7) is 5.55. The monoisotopic (exact) mass is 222 g/mol. The van der Waals surface area contributed by atoms with Crippen LogP contribution in [0.25, 0.3) is 0 Å². The van der Waals surface area contributed by atoms with E-state index in [2.05, 4.69) is 36.1 Å². The maximum Gasteiger partial charge on any atom is 0.0637 e. The third-order valence-electron chi connectivity index (χ3n) is 2.60. The van der Waals surface area contributed by atoms with E-state index in [-0.39, 0.29) is 0 Å². The van der Waals surface area contributed by atoms with Crippen LogP contribution in [0.4, 0.5) is 5.69 Å². The summed E-state index contributed by atoms with van der Waals surface area (Å²) in [6, 6.07) is 8.44. The van der Waals surface area contributed by atoms with Gasteiger partial charge in [-0.3, -0.25) is 0 Å². The second-order valence-electron chi connectivity index (χ2n) is 3.85. The minimum atomic E-state index is 0.603. The molecule has 0 amide bonds. The van der Waals surface area contributed by atoms with Crippen LogP contribution >= 0.6 is 0 Å². The molecule has 0 atom stereocenters. The standard InChI is InChI=1S/C13H22N2O/c1-3-8-15(9-10-16-2)13-6-4-12(11-14)5-7-13/h4-7H,3,8-11,14H2,1-2H3. The Labute approximate surface area is 98.2 Å². The Morgan fingerprint density at radius 3 is 2.38 bits per heavy atom. The number of hydrogen-bond acceptors (Lipinski definition) is 3. The van der Waals surface area contributed by atoms with Crippen molar-refractivity contribution in [2.45, 2.75) is 19.9 Å². The summed E-state index contributed by atoms with van der Waals surface area (Å²) in [4.78, 5) is 2.34. The van der Waals surface area contributed by atoms with Crippen LogP contribution in [0.5, 0.6) is 0 Å². The predicted molar refractivity (Wildman–Crippen MR) is 68.7 cm³/mol. The lowest BCUT2D eigenvalue weighted by molar-refractivity contribution is 0.205. The molecular weight excluding hydrogens is 200 g/mol. The van der Waals surface area contributed by atoms with Crippen LogP contribution in [0.15, 0.2) is 24.3 Å². The van der Waals surface area contributed by atoms with Gasteiger partial charge in [0.15, 0.2) is 0 Å². The van der Waals surface area contributed by atoms with Crippen molar-refractivity contribution in [3.8, 4) is 0 Å². The highest BCUT2D eigenvalue weighted by molar-refractivity contribution is 5.47. The molecule has 0 saturated heterocycles. The van der Waals surface area contributed by atoms with E-state index in [4.69, 9.17) is 10.5 Å². The maximum atomic E-state index is 5.58. The van der Waals surface area contributed by atoms with Gasteiger partial charge in [-0.25, -0.2) is 0 Å². The van der Waals surface area contributed by atoms with Gasteiger partial charge in [-0.2, -0.15) is 0 Å². The number of benzene rings is 1. The molecule has 0 aliphatic carbocycles. The smallest absolute Gasteiger partial charge is 0.0637 e. The number of anilines is 1. The molecular formula is C13H22N2O. The largest absolute Gasteiger partial charge is 0.383 e. The van der Waals surface area contributed by atoms with Gasteiger partial charge in [0.2, 0.25) is 0 Å². The molecule has 90 valence electrons. The molecule has 1 aromatic carbocycles. The molecule has 0 spiro atoms. The van der Waals surface area contributed by atoms with E-state index >= 15 is 0 Å². The fraction of sp³-hybridized carbons (Fsp3) is 0.538. The molecule has 0 radical (unpaired) electrons. The van der Waals surface area contributed by atoms with Crippen LogP contribution in [-0.4, -0.2) is 26.8 Å². The van der Waals surface area contributed by atoms with Gasteiger partial charge in [0, 0.05) is 32.4 Å². The number of rotatable bonds is 7. The summed E-state index contributed by atoms with van der Waals surface area (Å²) in [5.41, 5.74) is 8.00. The van der Waals surface area contributed by atoms with Crippen molar-refractivity contribution in [1.82, 2.24) is 0 Å². The van der Waals surface area contributed by atoms with Gasteiger partial charge in [-0.05, 0) is 24.1 Å². The fourth-order valence-electron chi connectivity index (χ4n) is 1.68. The SMILES string of the molecule is CCCN(CCOC)c1ccc(CN)cc1. The number of nitrogens with two attached hydrogens (primary N) is 1. The lowest BCUT2D eigenvalue weighted by atomic mass is 10.2. The van der Waals surface area contributed by atoms with Crippen molar-refractivity contribution in [1.29, 1.82) is 0 Å². The molecule has 0 unspecified atom stereocenters. The van der Waals surface area contributed by atoms with Gasteiger partial charge < -0.3 is 15.4 Å². The number of nitrogens with zero attached hydrogens (tertiary/aromatic N) is 1. The summed E-state index contributed by atoms with van der Waals surface area (Å²) < 4.78 is 5.12. The van der Waals surface area contributed by atoms with Crippen molar-refractivity contribution >= 4 is 5.69 Å². The van der Waals surface area contributed by atoms with Crippen molar-refractivity contribution in [2.24, 2.45) is 5.73 Å². The molecule has 0 aliphatic heterocycles. The van der Waals surface area contributed by atoms with Crippen molar-refractivity contribution < 1.29 is 4.74 Å². The van der Waals surface area contributed by atoms with Crippen LogP contribution in [-0.2, 0) is 11.3 Å². The summed E-state index contributed by atoms with van der Waals surface area (Å²) in [5, 5.41) is 0. The zero-order chi connectivity index (χ0) is 11.8. The Morgan fingerprint density at radius 2 is 1.88 bits per heavy atom. The van der Waals surface area contributed by atoms with Crippen molar-refractivity contribution in [3.05, 3.63) is 29.8 Å². The zero-order valence-corrected chi connectivity index (χ0v) is 10.3. The van der Waals surface area contributed by atoms with E-state index < -0.39 is 0 Å². The van der Waals surface area contributed by atoms with Gasteiger partial charge in [0.05, 0.1) is 6.61 Å². The third-order valence-corrected chi connectivity index (χ3v) is 2.60. The molecule has 0 fully saturated rings. The topological polar surface area (TPSA) is 38.5 Å². The van der Waals surface area contributed by atoms with E-state index in [1.807, 2.05) is 0 Å². The Hall–Kier alpha value is -1.06. The van der Waals surface area contributed by atoms with Crippen LogP contribution in [0.2, 0.25) is 0 Å². The highest BCUT2D eigenvalue weighted by atomic mass is 16.5. The molecule has 2 N–H and O–H groups in total. The van der Waals surface area contributed by atoms with Gasteiger partial charge >= 0.3 is 0 Å². The first-order valence-electron chi connectivity index (χ1n) is 5.84. The Balaban J connectivity index is 2.67. The van der Waals surface area contributed by atoms with E-state index in [9.17, 15) is 0 Å².